The van der Waals surface area contributed by atoms with Crippen LogP contribution in [0, 0.1) is 0 Å². The molecule has 0 unspecified atom stereocenters. The molecule has 0 rings (SSSR count). The number of hydrogen-bond acceptors (Lipinski definition) is 4. The number of nitrogens with one attached hydrogen (secondary N) is 1. The van der Waals surface area contributed by atoms with Crippen molar-refractivity contribution in [1.29, 1.82) is 0 Å². The number of carbonyl (C=O) groups excluding carboxylic acids is 1. The van der Waals surface area contributed by atoms with Crippen molar-refractivity contribution < 1.29 is 18.4 Å². The minimum absolute atomic E-state index is 0.0377. The summed E-state index contributed by atoms with van der Waals surface area (Å²) in [5, 5.41) is 3.17. The van der Waals surface area contributed by atoms with Gasteiger partial charge in [-0.1, -0.05) is 59.8 Å². The molecule has 0 bridgehead atoms. The first-order valence-electron chi connectivity index (χ1n) is 13.2. The van der Waals surface area contributed by atoms with E-state index in [0.717, 1.165) is 25.7 Å². The average Bonchev–Trinajstić information content (AvgIpc) is 2.61. The molecule has 1 amide bonds. The van der Waals surface area contributed by atoms with Gasteiger partial charge in [-0.15, -0.1) is 6.58 Å². The minimum Gasteiger partial charge on any atom is -0.444 e. The molecule has 7 heteroatoms. The van der Waals surface area contributed by atoms with Gasteiger partial charge in [-0.3, -0.25) is 0 Å². The summed E-state index contributed by atoms with van der Waals surface area (Å²) in [7, 11) is -3.80. The predicted octanol–water partition coefficient (Wildman–Crippen LogP) is 8.59. The first-order valence-corrected chi connectivity index (χ1v) is 19.0. The largest absolute Gasteiger partial charge is 0.444 e. The molecular formula is C28H57NO4Si2. The molecule has 0 aliphatic heterocycles. The van der Waals surface area contributed by atoms with E-state index in [1.165, 1.54) is 0 Å². The monoisotopic (exact) mass is 527 g/mol. The molecule has 2 atom stereocenters. The van der Waals surface area contributed by atoms with Crippen LogP contribution in [0.3, 0.4) is 0 Å². The molecule has 0 fully saturated rings. The summed E-state index contributed by atoms with van der Waals surface area (Å²) < 4.78 is 18.8. The summed E-state index contributed by atoms with van der Waals surface area (Å²) in [4.78, 5) is 12.0. The van der Waals surface area contributed by atoms with Gasteiger partial charge >= 0.3 is 6.09 Å². The lowest BCUT2D eigenvalue weighted by molar-refractivity contribution is 0.0524. The Hall–Kier alpha value is -0.896. The predicted molar refractivity (Wildman–Crippen MR) is 156 cm³/mol. The number of ether oxygens (including phenoxy) is 1. The van der Waals surface area contributed by atoms with Crippen LogP contribution in [0.5, 0.6) is 0 Å². The molecule has 1 N–H and O–H groups in total. The quantitative estimate of drug-likeness (QED) is 0.148. The lowest BCUT2D eigenvalue weighted by atomic mass is 10.1. The zero-order chi connectivity index (χ0) is 27.7. The fourth-order valence-electron chi connectivity index (χ4n) is 2.92. The molecule has 35 heavy (non-hydrogen) atoms. The maximum atomic E-state index is 12.0. The van der Waals surface area contributed by atoms with Crippen LogP contribution in [0.1, 0.15) is 88.0 Å². The van der Waals surface area contributed by atoms with Crippen molar-refractivity contribution in [3.05, 3.63) is 24.8 Å². The van der Waals surface area contributed by atoms with E-state index in [9.17, 15) is 4.79 Å². The third-order valence-corrected chi connectivity index (χ3v) is 16.1. The Labute approximate surface area is 219 Å². The van der Waals surface area contributed by atoms with E-state index in [-0.39, 0.29) is 28.4 Å². The molecule has 0 aromatic carbocycles. The van der Waals surface area contributed by atoms with Gasteiger partial charge in [0, 0.05) is 12.6 Å². The van der Waals surface area contributed by atoms with Crippen LogP contribution in [-0.2, 0) is 13.6 Å². The highest BCUT2D eigenvalue weighted by atomic mass is 28.4. The molecule has 0 aromatic rings. The van der Waals surface area contributed by atoms with Crippen molar-refractivity contribution in [2.75, 3.05) is 6.54 Å². The number of alkyl carbamates (subject to hydrolysis) is 1. The van der Waals surface area contributed by atoms with E-state index in [2.05, 4.69) is 91.8 Å². The van der Waals surface area contributed by atoms with E-state index >= 15 is 0 Å². The second-order valence-corrected chi connectivity index (χ2v) is 23.2. The van der Waals surface area contributed by atoms with E-state index in [1.54, 1.807) is 0 Å². The van der Waals surface area contributed by atoms with Crippen molar-refractivity contribution in [3.63, 3.8) is 0 Å². The minimum atomic E-state index is -1.92. The van der Waals surface area contributed by atoms with Crippen LogP contribution in [0.4, 0.5) is 4.79 Å². The van der Waals surface area contributed by atoms with E-state index in [4.69, 9.17) is 13.6 Å². The molecular weight excluding hydrogens is 470 g/mol. The van der Waals surface area contributed by atoms with E-state index < -0.39 is 22.2 Å². The molecule has 0 aliphatic carbocycles. The molecule has 0 radical (unpaired) electrons. The molecule has 0 saturated carbocycles. The number of rotatable bonds is 13. The van der Waals surface area contributed by atoms with Crippen LogP contribution < -0.4 is 5.32 Å². The van der Waals surface area contributed by atoms with E-state index in [1.807, 2.05) is 26.8 Å². The van der Waals surface area contributed by atoms with Gasteiger partial charge in [0.05, 0.1) is 6.10 Å². The first-order chi connectivity index (χ1) is 15.6. The lowest BCUT2D eigenvalue weighted by Crippen LogP contribution is -2.44. The number of hydrogen-bond donors (Lipinski definition) is 1. The lowest BCUT2D eigenvalue weighted by Gasteiger charge is -2.39. The molecule has 0 heterocycles. The Morgan fingerprint density at radius 1 is 0.886 bits per heavy atom. The van der Waals surface area contributed by atoms with Crippen molar-refractivity contribution in [2.24, 2.45) is 0 Å². The highest BCUT2D eigenvalue weighted by Gasteiger charge is 2.39. The second-order valence-electron chi connectivity index (χ2n) is 13.7. The molecule has 0 aromatic heterocycles. The Morgan fingerprint density at radius 2 is 1.40 bits per heavy atom. The van der Waals surface area contributed by atoms with Crippen LogP contribution in [-0.4, -0.2) is 47.1 Å². The number of amides is 1. The molecule has 0 spiro atoms. The summed E-state index contributed by atoms with van der Waals surface area (Å²) >= 11 is 0. The highest BCUT2D eigenvalue weighted by Crippen LogP contribution is 2.39. The van der Waals surface area contributed by atoms with Crippen LogP contribution in [0.15, 0.2) is 24.8 Å². The fraction of sp³-hybridized carbons (Fsp3) is 0.821. The smallest absolute Gasteiger partial charge is 0.407 e. The Kier molecular flexibility index (Phi) is 13.2. The Balaban J connectivity index is 5.26. The zero-order valence-electron chi connectivity index (χ0n) is 25.3. The van der Waals surface area contributed by atoms with Gasteiger partial charge in [0.25, 0.3) is 0 Å². The van der Waals surface area contributed by atoms with Gasteiger partial charge < -0.3 is 18.9 Å². The summed E-state index contributed by atoms with van der Waals surface area (Å²) in [6, 6.07) is 0. The van der Waals surface area contributed by atoms with Gasteiger partial charge in [0.1, 0.15) is 5.60 Å². The summed E-state index contributed by atoms with van der Waals surface area (Å²) in [5.41, 5.74) is -0.489. The third kappa shape index (κ3) is 13.8. The van der Waals surface area contributed by atoms with Crippen LogP contribution in [0.25, 0.3) is 0 Å². The average molecular weight is 528 g/mol. The summed E-state index contributed by atoms with van der Waals surface area (Å²) in [5.74, 6) is 0. The topological polar surface area (TPSA) is 56.8 Å². The zero-order valence-corrected chi connectivity index (χ0v) is 27.3. The van der Waals surface area contributed by atoms with Gasteiger partial charge in [-0.2, -0.15) is 0 Å². The molecule has 0 saturated heterocycles. The number of carbonyl (C=O) groups is 1. The summed E-state index contributed by atoms with van der Waals surface area (Å²) in [6.07, 6.45) is 9.47. The second kappa shape index (κ2) is 13.6. The van der Waals surface area contributed by atoms with Gasteiger partial charge in [-0.25, -0.2) is 4.79 Å². The molecule has 5 nitrogen and oxygen atoms in total. The maximum absolute atomic E-state index is 12.0. The van der Waals surface area contributed by atoms with Gasteiger partial charge in [-0.05, 0) is 82.7 Å². The van der Waals surface area contributed by atoms with Gasteiger partial charge in [0.15, 0.2) is 16.6 Å². The van der Waals surface area contributed by atoms with E-state index in [0.29, 0.717) is 6.54 Å². The van der Waals surface area contributed by atoms with Crippen molar-refractivity contribution >= 4 is 22.7 Å². The van der Waals surface area contributed by atoms with Crippen molar-refractivity contribution in [2.45, 2.75) is 142 Å². The SMILES string of the molecule is C=CC[C@@H](/C=C\C[C@@H](CCCNC(=O)OC(C)(C)C)O[Si](C)(C)C(C)(C)C)O[Si](C)(C)C(C)(C)C. The standard InChI is InChI=1S/C28H57NO4Si2/c1-15-18-23(32-34(11,12)27(5,6)7)19-16-20-24(33-35(13,14)28(8,9)10)21-17-22-29-25(30)31-26(2,3)4/h15-16,19,23-24H,1,17-18,20-22H2,2-14H3,(H,29,30)/b19-16-/t23-,24-/m0/s1. The normalized spacial score (nSPS) is 15.7. The van der Waals surface area contributed by atoms with Gasteiger partial charge in [0.2, 0.25) is 0 Å². The summed E-state index contributed by atoms with van der Waals surface area (Å²) in [6.45, 7) is 32.9. The fourth-order valence-corrected chi connectivity index (χ4v) is 5.61. The van der Waals surface area contributed by atoms with Crippen molar-refractivity contribution in [1.82, 2.24) is 5.32 Å². The molecule has 0 aliphatic rings. The Bertz CT molecular complexity index is 683. The molecule has 206 valence electrons. The highest BCUT2D eigenvalue weighted by molar-refractivity contribution is 6.74. The van der Waals surface area contributed by atoms with Crippen molar-refractivity contribution in [3.8, 4) is 0 Å². The van der Waals surface area contributed by atoms with Crippen LogP contribution in [0.2, 0.25) is 36.3 Å². The first kappa shape index (κ1) is 34.1. The third-order valence-electron chi connectivity index (χ3n) is 7.04. The Morgan fingerprint density at radius 3 is 1.86 bits per heavy atom. The maximum Gasteiger partial charge on any atom is 0.407 e. The van der Waals surface area contributed by atoms with Crippen LogP contribution >= 0.6 is 0 Å².